The van der Waals surface area contributed by atoms with Gasteiger partial charge in [-0.1, -0.05) is 6.07 Å². The van der Waals surface area contributed by atoms with Gasteiger partial charge in [0, 0.05) is 13.1 Å². The third-order valence-corrected chi connectivity index (χ3v) is 3.56. The first-order chi connectivity index (χ1) is 10.1. The topological polar surface area (TPSA) is 48.0 Å². The molecule has 0 aliphatic carbocycles. The van der Waals surface area contributed by atoms with Gasteiger partial charge in [0.15, 0.2) is 0 Å². The largest absolute Gasteiger partial charge is 0.492 e. The minimum Gasteiger partial charge on any atom is -0.492 e. The molecule has 116 valence electrons. The maximum absolute atomic E-state index is 11.7. The van der Waals surface area contributed by atoms with E-state index in [1.165, 1.54) is 18.2 Å². The van der Waals surface area contributed by atoms with Crippen LogP contribution in [0.25, 0.3) is 0 Å². The van der Waals surface area contributed by atoms with E-state index < -0.39 is 0 Å². The van der Waals surface area contributed by atoms with Crippen molar-refractivity contribution in [3.8, 4) is 5.75 Å². The van der Waals surface area contributed by atoms with Crippen LogP contribution in [0.2, 0.25) is 0 Å². The molecule has 1 aliphatic rings. The Morgan fingerprint density at radius 3 is 2.71 bits per heavy atom. The van der Waals surface area contributed by atoms with Crippen LogP contribution in [0.1, 0.15) is 11.1 Å². The summed E-state index contributed by atoms with van der Waals surface area (Å²) in [6.07, 6.45) is 0. The smallest absolute Gasteiger partial charge is 0.325 e. The highest BCUT2D eigenvalue weighted by molar-refractivity contribution is 5.75. The number of hydrogen-bond donors (Lipinski definition) is 0. The van der Waals surface area contributed by atoms with Crippen LogP contribution in [0, 0.1) is 13.8 Å². The number of carbonyl (C=O) groups excluding carboxylic acids is 1. The van der Waals surface area contributed by atoms with Crippen LogP contribution in [0.3, 0.4) is 0 Å². The van der Waals surface area contributed by atoms with E-state index in [9.17, 15) is 4.79 Å². The number of aryl methyl sites for hydroxylation is 2. The number of esters is 1. The zero-order valence-electron chi connectivity index (χ0n) is 12.9. The average molecular weight is 293 g/mol. The summed E-state index contributed by atoms with van der Waals surface area (Å²) in [6.45, 7) is 7.06. The molecule has 5 nitrogen and oxygen atoms in total. The Hall–Kier alpha value is -1.59. The van der Waals surface area contributed by atoms with Crippen LogP contribution in [-0.2, 0) is 14.3 Å². The van der Waals surface area contributed by atoms with Crippen molar-refractivity contribution in [3.63, 3.8) is 0 Å². The van der Waals surface area contributed by atoms with Crippen LogP contribution in [-0.4, -0.2) is 56.9 Å². The lowest BCUT2D eigenvalue weighted by molar-refractivity contribution is -0.153. The first kappa shape index (κ1) is 15.8. The molecule has 1 atom stereocenters. The number of hydrogen-bond acceptors (Lipinski definition) is 5. The van der Waals surface area contributed by atoms with E-state index in [0.29, 0.717) is 26.4 Å². The van der Waals surface area contributed by atoms with Gasteiger partial charge < -0.3 is 14.2 Å². The lowest BCUT2D eigenvalue weighted by atomic mass is 10.1. The fourth-order valence-electron chi connectivity index (χ4n) is 2.56. The molecule has 5 heteroatoms. The van der Waals surface area contributed by atoms with Gasteiger partial charge >= 0.3 is 5.97 Å². The van der Waals surface area contributed by atoms with Crippen molar-refractivity contribution >= 4 is 5.97 Å². The molecule has 21 heavy (non-hydrogen) atoms. The molecule has 1 aromatic carbocycles. The molecular formula is C16H23NO4. The van der Waals surface area contributed by atoms with Gasteiger partial charge in [0.2, 0.25) is 0 Å². The molecule has 1 saturated heterocycles. The molecule has 1 unspecified atom stereocenters. The fourth-order valence-corrected chi connectivity index (χ4v) is 2.56. The highest BCUT2D eigenvalue weighted by Gasteiger charge is 2.29. The Balaban J connectivity index is 1.87. The van der Waals surface area contributed by atoms with E-state index in [1.54, 1.807) is 0 Å². The Bertz CT molecular complexity index is 469. The standard InChI is InChI=1S/C16H23NO4/c1-12-8-13(2)10-14(9-12)21-7-5-17-4-6-20-11-15(17)16(18)19-3/h8-10,15H,4-7,11H2,1-3H3. The number of benzene rings is 1. The van der Waals surface area contributed by atoms with Crippen LogP contribution in [0.5, 0.6) is 5.75 Å². The van der Waals surface area contributed by atoms with Gasteiger partial charge in [-0.3, -0.25) is 9.69 Å². The summed E-state index contributed by atoms with van der Waals surface area (Å²) in [5.74, 6) is 0.622. The number of ether oxygens (including phenoxy) is 3. The van der Waals surface area contributed by atoms with Crippen LogP contribution in [0.15, 0.2) is 18.2 Å². The molecule has 1 fully saturated rings. The Kier molecular flexibility index (Phi) is 5.59. The van der Waals surface area contributed by atoms with E-state index in [0.717, 1.165) is 12.3 Å². The van der Waals surface area contributed by atoms with Crippen LogP contribution in [0.4, 0.5) is 0 Å². The minimum atomic E-state index is -0.327. The van der Waals surface area contributed by atoms with E-state index in [1.807, 2.05) is 12.1 Å². The summed E-state index contributed by atoms with van der Waals surface area (Å²) in [4.78, 5) is 13.8. The number of methoxy groups -OCH3 is 1. The molecule has 0 N–H and O–H groups in total. The second kappa shape index (κ2) is 7.43. The van der Waals surface area contributed by atoms with Crippen molar-refractivity contribution in [2.45, 2.75) is 19.9 Å². The zero-order valence-corrected chi connectivity index (χ0v) is 12.9. The Morgan fingerprint density at radius 2 is 2.05 bits per heavy atom. The van der Waals surface area contributed by atoms with E-state index in [2.05, 4.69) is 24.8 Å². The predicted molar refractivity (Wildman–Crippen MR) is 79.6 cm³/mol. The van der Waals surface area contributed by atoms with Gasteiger partial charge in [-0.2, -0.15) is 0 Å². The molecule has 0 aromatic heterocycles. The minimum absolute atomic E-state index is 0.249. The Labute approximate surface area is 125 Å². The lowest BCUT2D eigenvalue weighted by Gasteiger charge is -2.33. The zero-order chi connectivity index (χ0) is 15.2. The first-order valence-electron chi connectivity index (χ1n) is 7.21. The van der Waals surface area contributed by atoms with E-state index >= 15 is 0 Å². The van der Waals surface area contributed by atoms with Gasteiger partial charge in [0.05, 0.1) is 20.3 Å². The third kappa shape index (κ3) is 4.44. The molecule has 0 amide bonds. The van der Waals surface area contributed by atoms with Crippen molar-refractivity contribution in [2.24, 2.45) is 0 Å². The lowest BCUT2D eigenvalue weighted by Crippen LogP contribution is -2.51. The molecular weight excluding hydrogens is 270 g/mol. The van der Waals surface area contributed by atoms with Gasteiger partial charge in [-0.05, 0) is 37.1 Å². The number of carbonyl (C=O) groups is 1. The SMILES string of the molecule is COC(=O)C1COCCN1CCOc1cc(C)cc(C)c1. The monoisotopic (exact) mass is 293 g/mol. The van der Waals surface area contributed by atoms with Gasteiger partial charge in [-0.25, -0.2) is 0 Å². The summed E-state index contributed by atoms with van der Waals surface area (Å²) in [5, 5.41) is 0. The van der Waals surface area contributed by atoms with Crippen molar-refractivity contribution in [2.75, 3.05) is 40.0 Å². The summed E-state index contributed by atoms with van der Waals surface area (Å²) < 4.78 is 16.0. The summed E-state index contributed by atoms with van der Waals surface area (Å²) in [7, 11) is 1.40. The predicted octanol–water partition coefficient (Wildman–Crippen LogP) is 1.56. The molecule has 0 saturated carbocycles. The summed E-state index contributed by atoms with van der Waals surface area (Å²) in [6, 6.07) is 5.82. The molecule has 0 radical (unpaired) electrons. The van der Waals surface area contributed by atoms with Gasteiger partial charge in [0.1, 0.15) is 18.4 Å². The van der Waals surface area contributed by atoms with Crippen molar-refractivity contribution < 1.29 is 19.0 Å². The van der Waals surface area contributed by atoms with Crippen molar-refractivity contribution in [1.82, 2.24) is 4.90 Å². The quantitative estimate of drug-likeness (QED) is 0.771. The second-order valence-electron chi connectivity index (χ2n) is 5.32. The van der Waals surface area contributed by atoms with Crippen LogP contribution >= 0.6 is 0 Å². The second-order valence-corrected chi connectivity index (χ2v) is 5.32. The third-order valence-electron chi connectivity index (χ3n) is 3.56. The number of nitrogens with zero attached hydrogens (tertiary/aromatic N) is 1. The Morgan fingerprint density at radius 1 is 1.33 bits per heavy atom. The van der Waals surface area contributed by atoms with Gasteiger partial charge in [0.25, 0.3) is 0 Å². The molecule has 0 bridgehead atoms. The maximum atomic E-state index is 11.7. The molecule has 1 heterocycles. The summed E-state index contributed by atoms with van der Waals surface area (Å²) in [5.41, 5.74) is 2.37. The van der Waals surface area contributed by atoms with Crippen molar-refractivity contribution in [1.29, 1.82) is 0 Å². The maximum Gasteiger partial charge on any atom is 0.325 e. The molecule has 1 aliphatic heterocycles. The van der Waals surface area contributed by atoms with Crippen molar-refractivity contribution in [3.05, 3.63) is 29.3 Å². The highest BCUT2D eigenvalue weighted by atomic mass is 16.5. The molecule has 1 aromatic rings. The summed E-state index contributed by atoms with van der Waals surface area (Å²) >= 11 is 0. The first-order valence-corrected chi connectivity index (χ1v) is 7.21. The molecule has 0 spiro atoms. The van der Waals surface area contributed by atoms with E-state index in [-0.39, 0.29) is 12.0 Å². The fraction of sp³-hybridized carbons (Fsp3) is 0.562. The normalized spacial score (nSPS) is 19.3. The molecule has 2 rings (SSSR count). The van der Waals surface area contributed by atoms with Gasteiger partial charge in [-0.15, -0.1) is 0 Å². The van der Waals surface area contributed by atoms with Crippen LogP contribution < -0.4 is 4.74 Å². The number of morpholine rings is 1. The average Bonchev–Trinajstić information content (AvgIpc) is 2.46. The van der Waals surface area contributed by atoms with E-state index in [4.69, 9.17) is 14.2 Å². The number of rotatable bonds is 5. The highest BCUT2D eigenvalue weighted by Crippen LogP contribution is 2.16.